The molecule has 11 unspecified atom stereocenters. The predicted octanol–water partition coefficient (Wildman–Crippen LogP) is 2.98. The van der Waals surface area contributed by atoms with E-state index in [2.05, 4.69) is 49.5 Å². The molecule has 0 bridgehead atoms. The summed E-state index contributed by atoms with van der Waals surface area (Å²) in [5, 5.41) is 52.2. The number of primary amides is 1. The van der Waals surface area contributed by atoms with Crippen LogP contribution in [0, 0.1) is 35.5 Å². The van der Waals surface area contributed by atoms with E-state index in [1.807, 2.05) is 55.4 Å². The van der Waals surface area contributed by atoms with E-state index in [9.17, 15) is 63.3 Å². The molecule has 0 saturated carbocycles. The smallest absolute Gasteiger partial charge is 0.326 e. The van der Waals surface area contributed by atoms with Crippen molar-refractivity contribution in [1.82, 2.24) is 42.5 Å². The van der Waals surface area contributed by atoms with Gasteiger partial charge in [-0.2, -0.15) is 0 Å². The van der Waals surface area contributed by atoms with E-state index in [0.29, 0.717) is 12.8 Å². The van der Waals surface area contributed by atoms with E-state index < -0.39 is 126 Å². The number of nitrogens with two attached hydrogens (primary N) is 1. The Morgan fingerprint density at radius 2 is 0.766 bits per heavy atom. The number of aliphatic hydroxyl groups is 2. The van der Waals surface area contributed by atoms with Gasteiger partial charge in [0.15, 0.2) is 0 Å². The first-order valence-corrected chi connectivity index (χ1v) is 28.1. The topological polar surface area (TPSA) is 354 Å². The zero-order valence-corrected chi connectivity index (χ0v) is 48.8. The SMILES string of the molecule is CCCCCCCC(O)CC(=O)NC(CC(C)C)C(=O)NC(CC(C)C)C(=O)NC(CCC(N)=O)C(=O)NC(CC(C)C)C(=O)NC(C(=O)NC(C(=O)NC(CC(C)C)C(=O)NC(CC(C)C)C(=O)O)C(C)CC)C(C)O. The maximum atomic E-state index is 14.2. The lowest BCUT2D eigenvalue weighted by Gasteiger charge is -2.31. The Morgan fingerprint density at radius 1 is 0.416 bits per heavy atom. The van der Waals surface area contributed by atoms with Crippen LogP contribution in [-0.4, -0.2) is 135 Å². The summed E-state index contributed by atoms with van der Waals surface area (Å²) in [4.78, 5) is 135. The summed E-state index contributed by atoms with van der Waals surface area (Å²) in [6.45, 7) is 24.9. The van der Waals surface area contributed by atoms with Crippen molar-refractivity contribution in [3.63, 3.8) is 0 Å². The van der Waals surface area contributed by atoms with E-state index in [4.69, 9.17) is 5.73 Å². The molecule has 22 nitrogen and oxygen atoms in total. The van der Waals surface area contributed by atoms with Crippen molar-refractivity contribution in [2.45, 2.75) is 254 Å². The highest BCUT2D eigenvalue weighted by atomic mass is 16.4. The van der Waals surface area contributed by atoms with Gasteiger partial charge in [-0.05, 0) is 87.4 Å². The van der Waals surface area contributed by atoms with Crippen LogP contribution in [0.2, 0.25) is 0 Å². The molecule has 444 valence electrons. The van der Waals surface area contributed by atoms with Crippen LogP contribution in [0.4, 0.5) is 0 Å². The van der Waals surface area contributed by atoms with Gasteiger partial charge in [0.2, 0.25) is 53.2 Å². The van der Waals surface area contributed by atoms with E-state index in [1.54, 1.807) is 27.7 Å². The molecular formula is C55H101N9O13. The number of unbranched alkanes of at least 4 members (excludes halogenated alkanes) is 4. The number of hydrogen-bond acceptors (Lipinski definition) is 12. The van der Waals surface area contributed by atoms with Gasteiger partial charge in [-0.3, -0.25) is 43.2 Å². The number of carbonyl (C=O) groups excluding carboxylic acids is 9. The lowest BCUT2D eigenvalue weighted by Crippen LogP contribution is -2.62. The van der Waals surface area contributed by atoms with Gasteiger partial charge >= 0.3 is 5.97 Å². The van der Waals surface area contributed by atoms with E-state index in [1.165, 1.54) is 6.92 Å². The Bertz CT molecular complexity index is 1880. The molecule has 0 saturated heterocycles. The minimum atomic E-state index is -1.68. The highest BCUT2D eigenvalue weighted by Gasteiger charge is 2.38. The molecule has 0 fully saturated rings. The number of carboxylic acid groups (broad SMARTS) is 1. The fraction of sp³-hybridized carbons (Fsp3) is 0.818. The molecule has 0 heterocycles. The Hall–Kier alpha value is -5.38. The number of carboxylic acids is 1. The molecule has 0 aliphatic carbocycles. The first-order chi connectivity index (χ1) is 35.8. The summed E-state index contributed by atoms with van der Waals surface area (Å²) in [5.74, 6) is -9.49. The molecule has 0 rings (SSSR count). The lowest BCUT2D eigenvalue weighted by atomic mass is 9.95. The van der Waals surface area contributed by atoms with Gasteiger partial charge in [-0.15, -0.1) is 0 Å². The van der Waals surface area contributed by atoms with Gasteiger partial charge in [0.1, 0.15) is 48.3 Å². The molecule has 0 aromatic rings. The monoisotopic (exact) mass is 1100 g/mol. The molecular weight excluding hydrogens is 995 g/mol. The van der Waals surface area contributed by atoms with Crippen molar-refractivity contribution in [1.29, 1.82) is 0 Å². The van der Waals surface area contributed by atoms with Crippen molar-refractivity contribution < 1.29 is 63.3 Å². The summed E-state index contributed by atoms with van der Waals surface area (Å²) in [5.41, 5.74) is 5.47. The molecule has 13 N–H and O–H groups in total. The van der Waals surface area contributed by atoms with Crippen LogP contribution in [0.1, 0.15) is 193 Å². The zero-order chi connectivity index (χ0) is 59.3. The van der Waals surface area contributed by atoms with Gasteiger partial charge in [-0.1, -0.05) is 129 Å². The van der Waals surface area contributed by atoms with Crippen molar-refractivity contribution in [3.05, 3.63) is 0 Å². The van der Waals surface area contributed by atoms with Gasteiger partial charge in [0, 0.05) is 6.42 Å². The predicted molar refractivity (Wildman–Crippen MR) is 294 cm³/mol. The van der Waals surface area contributed by atoms with Crippen LogP contribution in [0.15, 0.2) is 0 Å². The second kappa shape index (κ2) is 37.4. The molecule has 0 aliphatic rings. The van der Waals surface area contributed by atoms with Crippen molar-refractivity contribution in [3.8, 4) is 0 Å². The fourth-order valence-electron chi connectivity index (χ4n) is 8.57. The number of nitrogens with one attached hydrogen (secondary N) is 8. The third-order valence-electron chi connectivity index (χ3n) is 12.9. The van der Waals surface area contributed by atoms with Crippen LogP contribution in [0.5, 0.6) is 0 Å². The zero-order valence-electron chi connectivity index (χ0n) is 48.8. The number of carbonyl (C=O) groups is 10. The number of aliphatic hydroxyl groups excluding tert-OH is 2. The first kappa shape index (κ1) is 71.6. The van der Waals surface area contributed by atoms with Gasteiger partial charge in [-0.25, -0.2) is 4.79 Å². The first-order valence-electron chi connectivity index (χ1n) is 28.1. The molecule has 0 aromatic carbocycles. The Morgan fingerprint density at radius 3 is 1.17 bits per heavy atom. The minimum absolute atomic E-state index is 0.00963. The number of aliphatic carboxylic acids is 1. The van der Waals surface area contributed by atoms with Crippen LogP contribution < -0.4 is 48.3 Å². The number of hydrogen-bond donors (Lipinski definition) is 12. The molecule has 0 radical (unpaired) electrons. The Balaban J connectivity index is 6.61. The van der Waals surface area contributed by atoms with Crippen molar-refractivity contribution in [2.24, 2.45) is 41.2 Å². The maximum absolute atomic E-state index is 14.2. The minimum Gasteiger partial charge on any atom is -0.480 e. The van der Waals surface area contributed by atoms with E-state index in [-0.39, 0.29) is 81.0 Å². The van der Waals surface area contributed by atoms with Crippen LogP contribution in [0.25, 0.3) is 0 Å². The second-order valence-electron chi connectivity index (χ2n) is 23.1. The average molecular weight is 1100 g/mol. The average Bonchev–Trinajstić information content (AvgIpc) is 3.30. The summed E-state index contributed by atoms with van der Waals surface area (Å²) in [7, 11) is 0. The van der Waals surface area contributed by atoms with Gasteiger partial charge < -0.3 is 63.6 Å². The summed E-state index contributed by atoms with van der Waals surface area (Å²) >= 11 is 0. The van der Waals surface area contributed by atoms with E-state index >= 15 is 0 Å². The second-order valence-corrected chi connectivity index (χ2v) is 23.1. The Labute approximate surface area is 458 Å². The third-order valence-corrected chi connectivity index (χ3v) is 12.9. The molecule has 11 atom stereocenters. The number of amides is 9. The molecule has 0 aliphatic heterocycles. The summed E-state index contributed by atoms with van der Waals surface area (Å²) < 4.78 is 0. The largest absolute Gasteiger partial charge is 0.480 e. The molecule has 77 heavy (non-hydrogen) atoms. The van der Waals surface area contributed by atoms with Crippen LogP contribution in [0.3, 0.4) is 0 Å². The standard InChI is InChI=1S/C55H101N9O13/c1-15-17-18-19-20-21-37(66)29-45(68)57-39(24-30(3)4)49(70)60-40(25-31(5)6)50(71)58-38(22-23-44(56)67)48(69)59-42(27-33(9)10)52(73)64-47(36(14)65)54(75)63-46(35(13)16-2)53(74)61-41(26-32(7)8)51(72)62-43(55(76)77)28-34(11)12/h30-43,46-47,65-66H,15-29H2,1-14H3,(H2,56,67)(H,57,68)(H,58,71)(H,59,69)(H,60,70)(H,61,74)(H,62,72)(H,63,75)(H,64,73)(H,76,77). The van der Waals surface area contributed by atoms with Crippen molar-refractivity contribution >= 4 is 59.1 Å². The molecule has 9 amide bonds. The molecule has 0 spiro atoms. The molecule has 0 aromatic heterocycles. The van der Waals surface area contributed by atoms with Gasteiger partial charge in [0.25, 0.3) is 0 Å². The highest BCUT2D eigenvalue weighted by Crippen LogP contribution is 2.16. The summed E-state index contributed by atoms with van der Waals surface area (Å²) in [6.07, 6.45) is 2.94. The third kappa shape index (κ3) is 30.4. The van der Waals surface area contributed by atoms with E-state index in [0.717, 1.165) is 32.1 Å². The quantitative estimate of drug-likeness (QED) is 0.0393. The fourth-order valence-corrected chi connectivity index (χ4v) is 8.57. The normalized spacial score (nSPS) is 15.9. The summed E-state index contributed by atoms with van der Waals surface area (Å²) in [6, 6.07) is -10.5. The van der Waals surface area contributed by atoms with Crippen LogP contribution >= 0.6 is 0 Å². The van der Waals surface area contributed by atoms with Crippen LogP contribution in [-0.2, 0) is 47.9 Å². The van der Waals surface area contributed by atoms with Crippen molar-refractivity contribution in [2.75, 3.05) is 0 Å². The highest BCUT2D eigenvalue weighted by molar-refractivity contribution is 5.98. The van der Waals surface area contributed by atoms with Gasteiger partial charge in [0.05, 0.1) is 18.6 Å². The lowest BCUT2D eigenvalue weighted by molar-refractivity contribution is -0.143. The number of rotatable bonds is 40. The maximum Gasteiger partial charge on any atom is 0.326 e. The Kier molecular flexibility index (Phi) is 34.8. The molecule has 22 heteroatoms.